The van der Waals surface area contributed by atoms with Crippen LogP contribution in [0.2, 0.25) is 0 Å². The highest BCUT2D eigenvalue weighted by molar-refractivity contribution is 5.68. The van der Waals surface area contributed by atoms with Gasteiger partial charge in [-0.2, -0.15) is 0 Å². The molecule has 2 N–H and O–H groups in total. The van der Waals surface area contributed by atoms with E-state index in [1.54, 1.807) is 30.3 Å². The summed E-state index contributed by atoms with van der Waals surface area (Å²) in [7, 11) is 0. The first-order valence-corrected chi connectivity index (χ1v) is 14.0. The summed E-state index contributed by atoms with van der Waals surface area (Å²) >= 11 is 0. The number of ether oxygens (including phenoxy) is 9. The van der Waals surface area contributed by atoms with Gasteiger partial charge in [0.2, 0.25) is 0 Å². The van der Waals surface area contributed by atoms with Crippen molar-refractivity contribution in [2.45, 2.75) is 103 Å². The molecule has 16 heteroatoms. The molecule has 2 aliphatic heterocycles. The Labute approximate surface area is 258 Å². The summed E-state index contributed by atoms with van der Waals surface area (Å²) in [6, 6.07) is 8.91. The summed E-state index contributed by atoms with van der Waals surface area (Å²) in [5, 5.41) is 20.6. The van der Waals surface area contributed by atoms with E-state index in [2.05, 4.69) is 0 Å². The molecule has 2 fully saturated rings. The summed E-state index contributed by atoms with van der Waals surface area (Å²) in [6.45, 7) is 4.16. The van der Waals surface area contributed by atoms with E-state index in [0.717, 1.165) is 40.2 Å². The van der Waals surface area contributed by atoms with Crippen LogP contribution in [0.25, 0.3) is 0 Å². The van der Waals surface area contributed by atoms with Gasteiger partial charge in [-0.05, 0) is 5.56 Å². The molecule has 0 amide bonds. The molecule has 1 aromatic carbocycles. The smallest absolute Gasteiger partial charge is 0.303 e. The van der Waals surface area contributed by atoms with Crippen LogP contribution in [0, 0.1) is 0 Å². The van der Waals surface area contributed by atoms with E-state index in [0.29, 0.717) is 0 Å². The van der Waals surface area contributed by atoms with Crippen molar-refractivity contribution < 1.29 is 76.8 Å². The number of carbonyl (C=O) groups is 5. The van der Waals surface area contributed by atoms with Crippen molar-refractivity contribution in [3.05, 3.63) is 35.9 Å². The molecule has 0 unspecified atom stereocenters. The van der Waals surface area contributed by atoms with Crippen LogP contribution in [0.3, 0.4) is 0 Å². The first-order valence-electron chi connectivity index (χ1n) is 14.0. The van der Waals surface area contributed by atoms with E-state index in [1.165, 1.54) is 0 Å². The quantitative estimate of drug-likeness (QED) is 0.221. The van der Waals surface area contributed by atoms with Gasteiger partial charge in [-0.25, -0.2) is 0 Å². The fourth-order valence-corrected chi connectivity index (χ4v) is 4.85. The van der Waals surface area contributed by atoms with Gasteiger partial charge in [0.1, 0.15) is 31.0 Å². The minimum Gasteiger partial charge on any atom is -0.463 e. The summed E-state index contributed by atoms with van der Waals surface area (Å²) < 4.78 is 50.7. The number of carbonyl (C=O) groups excluding carboxylic acids is 5. The van der Waals surface area contributed by atoms with Crippen LogP contribution in [0.1, 0.15) is 40.2 Å². The average Bonchev–Trinajstić information content (AvgIpc) is 2.96. The molecule has 0 radical (unpaired) electrons. The van der Waals surface area contributed by atoms with Crippen molar-refractivity contribution in [2.24, 2.45) is 0 Å². The van der Waals surface area contributed by atoms with Gasteiger partial charge in [0.25, 0.3) is 0 Å². The predicted octanol–water partition coefficient (Wildman–Crippen LogP) is -0.319. The van der Waals surface area contributed by atoms with Gasteiger partial charge in [0, 0.05) is 34.6 Å². The lowest BCUT2D eigenvalue weighted by Gasteiger charge is -2.48. The molecular formula is C29H38O16. The number of esters is 5. The Kier molecular flexibility index (Phi) is 13.2. The van der Waals surface area contributed by atoms with Crippen LogP contribution in [0.4, 0.5) is 0 Å². The maximum atomic E-state index is 12.4. The number of benzene rings is 1. The van der Waals surface area contributed by atoms with Crippen molar-refractivity contribution >= 4 is 29.8 Å². The van der Waals surface area contributed by atoms with Crippen molar-refractivity contribution in [1.29, 1.82) is 0 Å². The van der Waals surface area contributed by atoms with Crippen LogP contribution in [-0.4, -0.2) is 115 Å². The zero-order valence-electron chi connectivity index (χ0n) is 25.4. The second-order valence-corrected chi connectivity index (χ2v) is 10.3. The van der Waals surface area contributed by atoms with E-state index < -0.39 is 104 Å². The molecule has 16 nitrogen and oxygen atoms in total. The SMILES string of the molecule is CC(=O)OC[C@H]1O[C@H](OCc2ccccc2)[C@H](OC(C)=O)[C@@H](OC(C)=O)[C@@H]1O[C@@H]1O[C@H](CO)[C@H](O)[C@H](OC(C)=O)[C@H]1OC(C)=O. The van der Waals surface area contributed by atoms with E-state index in [1.807, 2.05) is 0 Å². The molecule has 10 atom stereocenters. The number of hydrogen-bond acceptors (Lipinski definition) is 16. The number of aliphatic hydroxyl groups excluding tert-OH is 2. The van der Waals surface area contributed by atoms with Crippen molar-refractivity contribution in [2.75, 3.05) is 13.2 Å². The van der Waals surface area contributed by atoms with Crippen LogP contribution >= 0.6 is 0 Å². The Balaban J connectivity index is 2.05. The molecule has 3 rings (SSSR count). The maximum Gasteiger partial charge on any atom is 0.303 e. The predicted molar refractivity (Wildman–Crippen MR) is 145 cm³/mol. The second kappa shape index (κ2) is 16.6. The minimum absolute atomic E-state index is 0.0255. The molecule has 0 aliphatic carbocycles. The normalized spacial score (nSPS) is 31.3. The molecule has 2 aliphatic rings. The molecule has 0 bridgehead atoms. The van der Waals surface area contributed by atoms with Gasteiger partial charge < -0.3 is 52.8 Å². The minimum atomic E-state index is -1.70. The molecule has 0 spiro atoms. The van der Waals surface area contributed by atoms with Crippen LogP contribution in [0.15, 0.2) is 30.3 Å². The summed E-state index contributed by atoms with van der Waals surface area (Å²) in [5.74, 6) is -4.05. The third-order valence-corrected chi connectivity index (χ3v) is 6.60. The molecule has 250 valence electrons. The van der Waals surface area contributed by atoms with E-state index in [4.69, 9.17) is 42.6 Å². The molecule has 1 aromatic rings. The molecule has 2 heterocycles. The zero-order chi connectivity index (χ0) is 33.3. The Morgan fingerprint density at radius 1 is 0.667 bits per heavy atom. The van der Waals surface area contributed by atoms with Gasteiger partial charge in [0.05, 0.1) is 13.2 Å². The third-order valence-electron chi connectivity index (χ3n) is 6.60. The summed E-state index contributed by atoms with van der Waals surface area (Å²) in [6.07, 6.45) is -15.1. The van der Waals surface area contributed by atoms with Gasteiger partial charge >= 0.3 is 29.8 Å². The van der Waals surface area contributed by atoms with Crippen molar-refractivity contribution in [1.82, 2.24) is 0 Å². The Hall–Kier alpha value is -3.67. The van der Waals surface area contributed by atoms with E-state index in [9.17, 15) is 34.2 Å². The lowest BCUT2D eigenvalue weighted by Crippen LogP contribution is -2.66. The molecule has 2 saturated heterocycles. The Morgan fingerprint density at radius 2 is 1.18 bits per heavy atom. The number of hydrogen-bond donors (Lipinski definition) is 2. The topological polar surface area (TPSA) is 209 Å². The van der Waals surface area contributed by atoms with E-state index >= 15 is 0 Å². The summed E-state index contributed by atoms with van der Waals surface area (Å²) in [5.41, 5.74) is 0.728. The number of aliphatic hydroxyl groups is 2. The Bertz CT molecular complexity index is 1170. The fraction of sp³-hybridized carbons (Fsp3) is 0.621. The highest BCUT2D eigenvalue weighted by Crippen LogP contribution is 2.34. The monoisotopic (exact) mass is 642 g/mol. The van der Waals surface area contributed by atoms with Gasteiger partial charge in [-0.15, -0.1) is 0 Å². The molecule has 0 aromatic heterocycles. The van der Waals surface area contributed by atoms with E-state index in [-0.39, 0.29) is 6.61 Å². The lowest BCUT2D eigenvalue weighted by molar-refractivity contribution is -0.361. The molecule has 45 heavy (non-hydrogen) atoms. The largest absolute Gasteiger partial charge is 0.463 e. The average molecular weight is 643 g/mol. The number of rotatable bonds is 12. The molecular weight excluding hydrogens is 604 g/mol. The van der Waals surface area contributed by atoms with Gasteiger partial charge in [-0.3, -0.25) is 24.0 Å². The van der Waals surface area contributed by atoms with Crippen molar-refractivity contribution in [3.63, 3.8) is 0 Å². The summed E-state index contributed by atoms with van der Waals surface area (Å²) in [4.78, 5) is 60.3. The maximum absolute atomic E-state index is 12.4. The van der Waals surface area contributed by atoms with Crippen LogP contribution in [-0.2, 0) is 73.2 Å². The zero-order valence-corrected chi connectivity index (χ0v) is 25.4. The highest BCUT2D eigenvalue weighted by Gasteiger charge is 2.56. The standard InChI is InChI=1S/C29H38O16/c1-14(31)37-13-21-23(45-29-26(41-17(4)34)24(39-15(2)32)22(36)20(11-30)43-29)25(40-16(3)33)27(42-18(5)35)28(44-21)38-12-19-9-7-6-8-10-19/h6-10,20-30,36H,11-13H2,1-5H3/t20-,21-,22+,23-,24+,25+,26-,27-,28+,29+/m1/s1. The van der Waals surface area contributed by atoms with Gasteiger partial charge in [0.15, 0.2) is 37.0 Å². The fourth-order valence-electron chi connectivity index (χ4n) is 4.85. The molecule has 0 saturated carbocycles. The first kappa shape index (κ1) is 35.8. The van der Waals surface area contributed by atoms with Crippen LogP contribution < -0.4 is 0 Å². The first-order chi connectivity index (χ1) is 21.3. The highest BCUT2D eigenvalue weighted by atomic mass is 16.8. The third kappa shape index (κ3) is 10.2. The Morgan fingerprint density at radius 3 is 1.71 bits per heavy atom. The van der Waals surface area contributed by atoms with Crippen molar-refractivity contribution in [3.8, 4) is 0 Å². The lowest BCUT2D eigenvalue weighted by atomic mass is 9.96. The van der Waals surface area contributed by atoms with Gasteiger partial charge in [-0.1, -0.05) is 30.3 Å². The van der Waals surface area contributed by atoms with Crippen LogP contribution in [0.5, 0.6) is 0 Å². The second-order valence-electron chi connectivity index (χ2n) is 10.3.